The van der Waals surface area contributed by atoms with Crippen LogP contribution in [0.4, 0.5) is 11.5 Å². The Kier molecular flexibility index (Phi) is 6.16. The summed E-state index contributed by atoms with van der Waals surface area (Å²) in [7, 11) is 0. The SMILES string of the molecule is C1#CC(c2nc3c4ccccc4c4ccccc4n3c2Nc2ccccc2)=CC(c2ccc3c4ccccc4c4ccccc4c3c2)=CC1. The molecule has 0 saturated carbocycles. The van der Waals surface area contributed by atoms with E-state index in [4.69, 9.17) is 4.98 Å². The quantitative estimate of drug-likeness (QED) is 0.156. The van der Waals surface area contributed by atoms with Crippen LogP contribution in [-0.4, -0.2) is 9.38 Å². The fourth-order valence-corrected chi connectivity index (χ4v) is 7.58. The van der Waals surface area contributed by atoms with E-state index in [0.29, 0.717) is 6.42 Å². The zero-order valence-corrected chi connectivity index (χ0v) is 26.6. The summed E-state index contributed by atoms with van der Waals surface area (Å²) in [6.45, 7) is 0. The summed E-state index contributed by atoms with van der Waals surface area (Å²) in [4.78, 5) is 5.41. The van der Waals surface area contributed by atoms with Crippen LogP contribution >= 0.6 is 0 Å². The van der Waals surface area contributed by atoms with Crippen LogP contribution < -0.4 is 5.32 Å². The second-order valence-corrected chi connectivity index (χ2v) is 12.6. The molecule has 0 unspecified atom stereocenters. The van der Waals surface area contributed by atoms with Crippen molar-refractivity contribution in [3.63, 3.8) is 0 Å². The maximum Gasteiger partial charge on any atom is 0.147 e. The Morgan fingerprint density at radius 1 is 0.551 bits per heavy atom. The normalized spacial score (nSPS) is 13.1. The molecule has 9 aromatic rings. The smallest absolute Gasteiger partial charge is 0.147 e. The van der Waals surface area contributed by atoms with Gasteiger partial charge in [-0.05, 0) is 79.2 Å². The Balaban J connectivity index is 1.21. The molecule has 0 amide bonds. The predicted molar refractivity (Wildman–Crippen MR) is 207 cm³/mol. The van der Waals surface area contributed by atoms with Gasteiger partial charge in [0.15, 0.2) is 0 Å². The fraction of sp³-hybridized carbons (Fsp3) is 0.0217. The van der Waals surface area contributed by atoms with Gasteiger partial charge in [-0.1, -0.05) is 139 Å². The first-order valence-corrected chi connectivity index (χ1v) is 16.7. The molecular weight excluding hydrogens is 595 g/mol. The number of allylic oxidation sites excluding steroid dienone is 4. The standard InChI is InChI=1S/C46H29N3/c1-2-16-33(17-3-1)47-46-44(48-45-41-24-11-10-22-38(41)40-23-12-13-25-43(40)49(45)46)32-15-5-4-14-30(28-32)31-26-27-39-36-20-7-6-18-34(36)35-19-8-9-21-37(35)42(39)29-31/h1-3,6-14,16-29,47H,4H2. The molecule has 0 bridgehead atoms. The van der Waals surface area contributed by atoms with E-state index in [9.17, 15) is 0 Å². The Bertz CT molecular complexity index is 2900. The predicted octanol–water partition coefficient (Wildman–Crippen LogP) is 11.7. The molecule has 0 saturated heterocycles. The fourth-order valence-electron chi connectivity index (χ4n) is 7.58. The molecule has 10 rings (SSSR count). The molecule has 0 radical (unpaired) electrons. The molecule has 0 fully saturated rings. The van der Waals surface area contributed by atoms with Crippen molar-refractivity contribution in [1.29, 1.82) is 0 Å². The lowest BCUT2D eigenvalue weighted by molar-refractivity contribution is 1.26. The molecule has 1 N–H and O–H groups in total. The van der Waals surface area contributed by atoms with Crippen LogP contribution in [0.5, 0.6) is 0 Å². The van der Waals surface area contributed by atoms with E-state index in [1.165, 1.54) is 43.1 Å². The highest BCUT2D eigenvalue weighted by Crippen LogP contribution is 2.39. The molecule has 2 heterocycles. The number of imidazole rings is 1. The van der Waals surface area contributed by atoms with E-state index in [-0.39, 0.29) is 0 Å². The summed E-state index contributed by atoms with van der Waals surface area (Å²) in [6.07, 6.45) is 5.13. The Labute approximate surface area is 283 Å². The second kappa shape index (κ2) is 11.0. The van der Waals surface area contributed by atoms with Gasteiger partial charge in [0.05, 0.1) is 11.1 Å². The van der Waals surface area contributed by atoms with Crippen LogP contribution in [0.2, 0.25) is 0 Å². The number of rotatable bonds is 4. The van der Waals surface area contributed by atoms with Crippen molar-refractivity contribution in [1.82, 2.24) is 9.38 Å². The van der Waals surface area contributed by atoms with Gasteiger partial charge in [-0.25, -0.2) is 4.98 Å². The molecule has 3 heteroatoms. The molecule has 0 atom stereocenters. The van der Waals surface area contributed by atoms with Gasteiger partial charge in [0, 0.05) is 22.9 Å². The summed E-state index contributed by atoms with van der Waals surface area (Å²) in [5, 5.41) is 14.9. The molecular formula is C46H29N3. The minimum Gasteiger partial charge on any atom is -0.339 e. The van der Waals surface area contributed by atoms with Gasteiger partial charge in [-0.2, -0.15) is 0 Å². The van der Waals surface area contributed by atoms with E-state index in [1.807, 2.05) is 6.07 Å². The van der Waals surface area contributed by atoms with Crippen molar-refractivity contribution >= 4 is 82.3 Å². The number of aromatic nitrogens is 2. The largest absolute Gasteiger partial charge is 0.339 e. The summed E-state index contributed by atoms with van der Waals surface area (Å²) in [5.41, 5.74) is 7.02. The minimum atomic E-state index is 0.659. The van der Waals surface area contributed by atoms with Gasteiger partial charge < -0.3 is 5.32 Å². The third-order valence-electron chi connectivity index (χ3n) is 9.80. The van der Waals surface area contributed by atoms with Crippen LogP contribution in [-0.2, 0) is 0 Å². The van der Waals surface area contributed by atoms with Crippen LogP contribution in [0.1, 0.15) is 17.7 Å². The maximum absolute atomic E-state index is 5.41. The summed E-state index contributed by atoms with van der Waals surface area (Å²) < 4.78 is 2.27. The molecule has 2 aromatic heterocycles. The summed E-state index contributed by atoms with van der Waals surface area (Å²) >= 11 is 0. The molecule has 49 heavy (non-hydrogen) atoms. The number of nitrogens with one attached hydrogen (secondary N) is 1. The number of nitrogens with zero attached hydrogens (tertiary/aromatic N) is 2. The minimum absolute atomic E-state index is 0.659. The van der Waals surface area contributed by atoms with Crippen molar-refractivity contribution in [3.05, 3.63) is 169 Å². The van der Waals surface area contributed by atoms with E-state index in [1.54, 1.807) is 0 Å². The zero-order chi connectivity index (χ0) is 32.3. The van der Waals surface area contributed by atoms with Gasteiger partial charge in [0.25, 0.3) is 0 Å². The van der Waals surface area contributed by atoms with Crippen molar-refractivity contribution in [3.8, 4) is 11.8 Å². The third-order valence-corrected chi connectivity index (χ3v) is 9.80. The van der Waals surface area contributed by atoms with Gasteiger partial charge >= 0.3 is 0 Å². The maximum atomic E-state index is 5.41. The third kappa shape index (κ3) is 4.35. The lowest BCUT2D eigenvalue weighted by atomic mass is 9.91. The highest BCUT2D eigenvalue weighted by molar-refractivity contribution is 6.25. The Morgan fingerprint density at radius 3 is 1.84 bits per heavy atom. The van der Waals surface area contributed by atoms with Crippen LogP contribution in [0.25, 0.3) is 70.8 Å². The first-order valence-electron chi connectivity index (χ1n) is 16.7. The number of hydrogen-bond donors (Lipinski definition) is 1. The monoisotopic (exact) mass is 623 g/mol. The van der Waals surface area contributed by atoms with Gasteiger partial charge in [-0.3, -0.25) is 4.40 Å². The number of pyridine rings is 1. The van der Waals surface area contributed by atoms with Crippen molar-refractivity contribution < 1.29 is 0 Å². The van der Waals surface area contributed by atoms with E-state index >= 15 is 0 Å². The van der Waals surface area contributed by atoms with Crippen LogP contribution in [0.3, 0.4) is 0 Å². The van der Waals surface area contributed by atoms with Crippen molar-refractivity contribution in [2.24, 2.45) is 0 Å². The van der Waals surface area contributed by atoms with Gasteiger partial charge in [0.2, 0.25) is 0 Å². The Morgan fingerprint density at radius 2 is 1.12 bits per heavy atom. The number of anilines is 2. The van der Waals surface area contributed by atoms with Crippen molar-refractivity contribution in [2.75, 3.05) is 5.32 Å². The number of fused-ring (bicyclic) bond motifs is 12. The highest BCUT2D eigenvalue weighted by Gasteiger charge is 2.21. The molecule has 1 aliphatic rings. The first kappa shape index (κ1) is 27.5. The van der Waals surface area contributed by atoms with E-state index < -0.39 is 0 Å². The summed E-state index contributed by atoms with van der Waals surface area (Å²) in [5.74, 6) is 7.84. The lowest BCUT2D eigenvalue weighted by Crippen LogP contribution is -2.00. The van der Waals surface area contributed by atoms with E-state index in [0.717, 1.165) is 50.5 Å². The topological polar surface area (TPSA) is 29.3 Å². The van der Waals surface area contributed by atoms with Crippen molar-refractivity contribution in [2.45, 2.75) is 6.42 Å². The number of para-hydroxylation sites is 2. The zero-order valence-electron chi connectivity index (χ0n) is 26.6. The molecule has 228 valence electrons. The first-order chi connectivity index (χ1) is 24.3. The summed E-state index contributed by atoms with van der Waals surface area (Å²) in [6, 6.07) is 51.8. The average Bonchev–Trinajstić information content (AvgIpc) is 3.36. The molecule has 0 aliphatic heterocycles. The second-order valence-electron chi connectivity index (χ2n) is 12.6. The Hall–Kier alpha value is -6.63. The van der Waals surface area contributed by atoms with E-state index in [2.05, 4.69) is 173 Å². The van der Waals surface area contributed by atoms with Crippen LogP contribution in [0, 0.1) is 11.8 Å². The van der Waals surface area contributed by atoms with Crippen LogP contribution in [0.15, 0.2) is 158 Å². The molecule has 0 spiro atoms. The molecule has 7 aromatic carbocycles. The molecule has 1 aliphatic carbocycles. The highest BCUT2D eigenvalue weighted by atomic mass is 15.1. The van der Waals surface area contributed by atoms with Gasteiger partial charge in [0.1, 0.15) is 17.2 Å². The average molecular weight is 624 g/mol. The number of hydrogen-bond acceptors (Lipinski definition) is 2. The van der Waals surface area contributed by atoms with Gasteiger partial charge in [-0.15, -0.1) is 0 Å². The molecule has 3 nitrogen and oxygen atoms in total. The lowest BCUT2D eigenvalue weighted by Gasteiger charge is -2.13. The number of benzene rings is 7.